The zero-order chi connectivity index (χ0) is 18.3. The summed E-state index contributed by atoms with van der Waals surface area (Å²) in [5.41, 5.74) is 9.53. The first kappa shape index (κ1) is 16.4. The highest BCUT2D eigenvalue weighted by Crippen LogP contribution is 2.61. The lowest BCUT2D eigenvalue weighted by Gasteiger charge is -2.32. The van der Waals surface area contributed by atoms with Crippen LogP contribution in [0.3, 0.4) is 0 Å². The molecule has 126 valence electrons. The van der Waals surface area contributed by atoms with Crippen molar-refractivity contribution in [3.8, 4) is 0 Å². The molecule has 0 amide bonds. The molecule has 2 aromatic rings. The average molecular weight is 334 g/mol. The Bertz CT molecular complexity index is 1030. The predicted molar refractivity (Wildman–Crippen MR) is 113 cm³/mol. The van der Waals surface area contributed by atoms with Crippen LogP contribution in [0.5, 0.6) is 0 Å². The van der Waals surface area contributed by atoms with Gasteiger partial charge in [-0.15, -0.1) is 0 Å². The monoisotopic (exact) mass is 334 g/mol. The summed E-state index contributed by atoms with van der Waals surface area (Å²) in [6.45, 7) is 14.5. The Morgan fingerprint density at radius 3 is 1.65 bits per heavy atom. The zero-order valence-electron chi connectivity index (χ0n) is 15.1. The lowest BCUT2D eigenvalue weighted by Crippen LogP contribution is -2.27. The van der Waals surface area contributed by atoms with Gasteiger partial charge < -0.3 is 0 Å². The molecule has 26 heavy (non-hydrogen) atoms. The lowest BCUT2D eigenvalue weighted by atomic mass is 9.68. The van der Waals surface area contributed by atoms with E-state index >= 15 is 0 Å². The quantitative estimate of drug-likeness (QED) is 0.588. The molecule has 0 aromatic heterocycles. The van der Waals surface area contributed by atoms with E-state index in [4.69, 9.17) is 0 Å². The van der Waals surface area contributed by atoms with Gasteiger partial charge in [-0.2, -0.15) is 0 Å². The van der Waals surface area contributed by atoms with Gasteiger partial charge in [0, 0.05) is 0 Å². The minimum absolute atomic E-state index is 0.353. The minimum atomic E-state index is -0.353. The molecule has 1 spiro atoms. The standard InChI is InChI=1S/C26H22/c1-5-13-23-19(7-3)21-15-10-12-17-25(21)26(23)22(8-4)18(6-2)20-14-9-11-16-24(20)26/h5-17H,2-4H2,1H3/b13-5-. The van der Waals surface area contributed by atoms with Gasteiger partial charge in [0.25, 0.3) is 0 Å². The average Bonchev–Trinajstić information content (AvgIpc) is 3.13. The molecular weight excluding hydrogens is 312 g/mol. The van der Waals surface area contributed by atoms with Gasteiger partial charge >= 0.3 is 0 Å². The summed E-state index contributed by atoms with van der Waals surface area (Å²) in [6, 6.07) is 17.3. The van der Waals surface area contributed by atoms with Crippen molar-refractivity contribution in [1.29, 1.82) is 0 Å². The fourth-order valence-electron chi connectivity index (χ4n) is 4.74. The van der Waals surface area contributed by atoms with Crippen LogP contribution in [0.15, 0.2) is 110 Å². The number of fused-ring (bicyclic) bond motifs is 4. The second kappa shape index (κ2) is 6.00. The Hall–Kier alpha value is -3.12. The van der Waals surface area contributed by atoms with E-state index in [2.05, 4.69) is 87.3 Å². The molecule has 0 saturated heterocycles. The van der Waals surface area contributed by atoms with Gasteiger partial charge in [-0.1, -0.05) is 98.6 Å². The van der Waals surface area contributed by atoms with Crippen molar-refractivity contribution in [3.63, 3.8) is 0 Å². The number of hydrogen-bond acceptors (Lipinski definition) is 0. The summed E-state index contributed by atoms with van der Waals surface area (Å²) >= 11 is 0. The molecule has 0 heterocycles. The lowest BCUT2D eigenvalue weighted by molar-refractivity contribution is 0.779. The first-order valence-electron chi connectivity index (χ1n) is 8.94. The van der Waals surface area contributed by atoms with Crippen LogP contribution >= 0.6 is 0 Å². The molecule has 4 rings (SSSR count). The Morgan fingerprint density at radius 1 is 0.692 bits per heavy atom. The summed E-state index contributed by atoms with van der Waals surface area (Å²) < 4.78 is 0. The molecule has 0 fully saturated rings. The van der Waals surface area contributed by atoms with Crippen LogP contribution in [0.25, 0.3) is 11.1 Å². The third-order valence-electron chi connectivity index (χ3n) is 5.58. The molecule has 0 heteroatoms. The van der Waals surface area contributed by atoms with Crippen molar-refractivity contribution in [3.05, 3.63) is 132 Å². The van der Waals surface area contributed by atoms with E-state index in [0.29, 0.717) is 0 Å². The van der Waals surface area contributed by atoms with E-state index in [1.165, 1.54) is 39.0 Å². The molecule has 1 atom stereocenters. The number of hydrogen-bond donors (Lipinski definition) is 0. The maximum atomic E-state index is 4.18. The van der Waals surface area contributed by atoms with Crippen molar-refractivity contribution in [1.82, 2.24) is 0 Å². The van der Waals surface area contributed by atoms with E-state index in [0.717, 1.165) is 5.57 Å². The van der Waals surface area contributed by atoms with Gasteiger partial charge in [-0.25, -0.2) is 0 Å². The van der Waals surface area contributed by atoms with Crippen molar-refractivity contribution < 1.29 is 0 Å². The Labute approximate surface area is 155 Å². The topological polar surface area (TPSA) is 0 Å². The molecule has 0 N–H and O–H groups in total. The third-order valence-corrected chi connectivity index (χ3v) is 5.58. The molecule has 2 aliphatic rings. The van der Waals surface area contributed by atoms with Crippen molar-refractivity contribution in [2.24, 2.45) is 0 Å². The molecule has 0 nitrogen and oxygen atoms in total. The zero-order valence-corrected chi connectivity index (χ0v) is 15.1. The maximum absolute atomic E-state index is 4.18. The Kier molecular flexibility index (Phi) is 3.77. The number of allylic oxidation sites excluding steroid dienone is 9. The predicted octanol–water partition coefficient (Wildman–Crippen LogP) is 6.64. The maximum Gasteiger partial charge on any atom is 0.0725 e. The van der Waals surface area contributed by atoms with Gasteiger partial charge in [-0.3, -0.25) is 0 Å². The van der Waals surface area contributed by atoms with Crippen molar-refractivity contribution in [2.75, 3.05) is 0 Å². The first-order chi connectivity index (χ1) is 12.7. The third kappa shape index (κ3) is 1.79. The van der Waals surface area contributed by atoms with Gasteiger partial charge in [0.2, 0.25) is 0 Å². The van der Waals surface area contributed by atoms with Crippen LogP contribution in [0, 0.1) is 0 Å². The molecule has 1 unspecified atom stereocenters. The highest BCUT2D eigenvalue weighted by molar-refractivity contribution is 5.99. The molecule has 2 aromatic carbocycles. The molecule has 0 saturated carbocycles. The first-order valence-corrected chi connectivity index (χ1v) is 8.94. The molecule has 0 aliphatic heterocycles. The van der Waals surface area contributed by atoms with E-state index in [1.54, 1.807) is 0 Å². The summed E-state index contributed by atoms with van der Waals surface area (Å²) in [6.07, 6.45) is 10.3. The summed E-state index contributed by atoms with van der Waals surface area (Å²) in [4.78, 5) is 0. The fourth-order valence-corrected chi connectivity index (χ4v) is 4.74. The van der Waals surface area contributed by atoms with Crippen LogP contribution in [0.1, 0.15) is 29.2 Å². The van der Waals surface area contributed by atoms with E-state index in [1.807, 2.05) is 18.2 Å². The van der Waals surface area contributed by atoms with E-state index in [-0.39, 0.29) is 5.41 Å². The second-order valence-electron chi connectivity index (χ2n) is 6.61. The van der Waals surface area contributed by atoms with Crippen LogP contribution in [-0.4, -0.2) is 0 Å². The summed E-state index contributed by atoms with van der Waals surface area (Å²) in [5.74, 6) is 0. The van der Waals surface area contributed by atoms with Gasteiger partial charge in [0.15, 0.2) is 0 Å². The minimum Gasteiger partial charge on any atom is -0.0987 e. The highest BCUT2D eigenvalue weighted by atomic mass is 14.5. The van der Waals surface area contributed by atoms with Crippen LogP contribution in [0.4, 0.5) is 0 Å². The Balaban J connectivity index is 2.26. The number of benzene rings is 2. The largest absolute Gasteiger partial charge is 0.0987 e. The van der Waals surface area contributed by atoms with Crippen LogP contribution < -0.4 is 0 Å². The smallest absolute Gasteiger partial charge is 0.0725 e. The summed E-state index contributed by atoms with van der Waals surface area (Å²) in [7, 11) is 0. The van der Waals surface area contributed by atoms with Gasteiger partial charge in [0.1, 0.15) is 0 Å². The fraction of sp³-hybridized carbons (Fsp3) is 0.0769. The van der Waals surface area contributed by atoms with Gasteiger partial charge in [0.05, 0.1) is 5.41 Å². The van der Waals surface area contributed by atoms with E-state index < -0.39 is 0 Å². The summed E-state index contributed by atoms with van der Waals surface area (Å²) in [5, 5.41) is 0. The van der Waals surface area contributed by atoms with Gasteiger partial charge in [-0.05, 0) is 51.5 Å². The van der Waals surface area contributed by atoms with Crippen LogP contribution in [0.2, 0.25) is 0 Å². The van der Waals surface area contributed by atoms with Crippen molar-refractivity contribution in [2.45, 2.75) is 12.3 Å². The normalized spacial score (nSPS) is 20.7. The molecular formula is C26H22. The SMILES string of the molecule is C=CC1=C(C=C)C2(C(/C=C\C)=C(C=C)c3ccccc32)c2ccccc21. The molecule has 2 aliphatic carbocycles. The Morgan fingerprint density at radius 2 is 1.19 bits per heavy atom. The second-order valence-corrected chi connectivity index (χ2v) is 6.61. The number of rotatable bonds is 4. The molecule has 0 bridgehead atoms. The molecule has 0 radical (unpaired) electrons. The van der Waals surface area contributed by atoms with Crippen LogP contribution in [-0.2, 0) is 5.41 Å². The highest BCUT2D eigenvalue weighted by Gasteiger charge is 2.51. The van der Waals surface area contributed by atoms with Crippen molar-refractivity contribution >= 4 is 11.1 Å². The van der Waals surface area contributed by atoms with E-state index in [9.17, 15) is 0 Å².